The van der Waals surface area contributed by atoms with Crippen LogP contribution in [0.4, 0.5) is 0 Å². The largest absolute Gasteiger partial charge is 0.396 e. The Kier molecular flexibility index (Phi) is 4.77. The lowest BCUT2D eigenvalue weighted by Crippen LogP contribution is -2.50. The fourth-order valence-electron chi connectivity index (χ4n) is 2.35. The van der Waals surface area contributed by atoms with Crippen LogP contribution in [0.5, 0.6) is 0 Å². The van der Waals surface area contributed by atoms with Gasteiger partial charge < -0.3 is 10.4 Å². The molecular weight excluding hydrogens is 188 g/mol. The molecular formula is C12H24N2O. The van der Waals surface area contributed by atoms with Crippen LogP contribution >= 0.6 is 0 Å². The zero-order valence-electron chi connectivity index (χ0n) is 10.00. The monoisotopic (exact) mass is 212 g/mol. The van der Waals surface area contributed by atoms with Crippen molar-refractivity contribution in [1.29, 1.82) is 0 Å². The molecule has 0 aromatic heterocycles. The quantitative estimate of drug-likeness (QED) is 0.682. The molecule has 0 bridgehead atoms. The van der Waals surface area contributed by atoms with Crippen LogP contribution in [0.1, 0.15) is 26.7 Å². The van der Waals surface area contributed by atoms with Crippen molar-refractivity contribution in [2.45, 2.75) is 38.3 Å². The summed E-state index contributed by atoms with van der Waals surface area (Å²) in [5.74, 6) is 0. The summed E-state index contributed by atoms with van der Waals surface area (Å²) in [4.78, 5) is 2.45. The molecule has 1 fully saturated rings. The topological polar surface area (TPSA) is 35.5 Å². The highest BCUT2D eigenvalue weighted by atomic mass is 16.3. The molecule has 2 N–H and O–H groups in total. The smallest absolute Gasteiger partial charge is 0.0446 e. The molecule has 1 heterocycles. The highest BCUT2D eigenvalue weighted by Gasteiger charge is 2.33. The van der Waals surface area contributed by atoms with Gasteiger partial charge >= 0.3 is 0 Å². The molecule has 1 unspecified atom stereocenters. The first-order valence-corrected chi connectivity index (χ1v) is 5.81. The first-order valence-electron chi connectivity index (χ1n) is 5.81. The minimum Gasteiger partial charge on any atom is -0.396 e. The normalized spacial score (nSPS) is 27.3. The van der Waals surface area contributed by atoms with Crippen molar-refractivity contribution in [3.8, 4) is 0 Å². The SMILES string of the molecule is C=CCN1C(CCO)CNCCC1(C)C. The van der Waals surface area contributed by atoms with E-state index in [0.717, 1.165) is 32.5 Å². The fourth-order valence-corrected chi connectivity index (χ4v) is 2.35. The molecule has 0 saturated carbocycles. The number of nitrogens with zero attached hydrogens (tertiary/aromatic N) is 1. The van der Waals surface area contributed by atoms with E-state index in [4.69, 9.17) is 5.11 Å². The summed E-state index contributed by atoms with van der Waals surface area (Å²) >= 11 is 0. The average molecular weight is 212 g/mol. The second-order valence-corrected chi connectivity index (χ2v) is 4.87. The lowest BCUT2D eigenvalue weighted by Gasteiger charge is -2.41. The summed E-state index contributed by atoms with van der Waals surface area (Å²) in [6, 6.07) is 0.422. The third-order valence-electron chi connectivity index (χ3n) is 3.30. The maximum absolute atomic E-state index is 9.09. The van der Waals surface area contributed by atoms with Crippen molar-refractivity contribution >= 4 is 0 Å². The zero-order chi connectivity index (χ0) is 11.3. The molecule has 0 spiro atoms. The van der Waals surface area contributed by atoms with Crippen molar-refractivity contribution in [1.82, 2.24) is 10.2 Å². The zero-order valence-corrected chi connectivity index (χ0v) is 10.00. The summed E-state index contributed by atoms with van der Waals surface area (Å²) in [6.45, 7) is 11.6. The van der Waals surface area contributed by atoms with Crippen molar-refractivity contribution in [3.63, 3.8) is 0 Å². The van der Waals surface area contributed by atoms with Gasteiger partial charge in [0.1, 0.15) is 0 Å². The van der Waals surface area contributed by atoms with Gasteiger partial charge in [0.05, 0.1) is 0 Å². The molecule has 0 aromatic rings. The van der Waals surface area contributed by atoms with Crippen LogP contribution in [0.25, 0.3) is 0 Å². The molecule has 1 aliphatic heterocycles. The number of aliphatic hydroxyl groups excluding tert-OH is 1. The molecule has 88 valence electrons. The Morgan fingerprint density at radius 1 is 1.60 bits per heavy atom. The van der Waals surface area contributed by atoms with Crippen LogP contribution in [0, 0.1) is 0 Å². The lowest BCUT2D eigenvalue weighted by atomic mass is 9.96. The predicted octanol–water partition coefficient (Wildman–Crippen LogP) is 0.997. The van der Waals surface area contributed by atoms with Crippen LogP contribution in [0.15, 0.2) is 12.7 Å². The molecule has 1 atom stereocenters. The molecule has 0 aromatic carbocycles. The highest BCUT2D eigenvalue weighted by molar-refractivity contribution is 4.94. The second-order valence-electron chi connectivity index (χ2n) is 4.87. The van der Waals surface area contributed by atoms with Crippen molar-refractivity contribution in [3.05, 3.63) is 12.7 Å². The van der Waals surface area contributed by atoms with Gasteiger partial charge in [0, 0.05) is 31.3 Å². The van der Waals surface area contributed by atoms with Crippen LogP contribution in [-0.4, -0.2) is 47.8 Å². The lowest BCUT2D eigenvalue weighted by molar-refractivity contribution is 0.0768. The van der Waals surface area contributed by atoms with E-state index in [1.807, 2.05) is 6.08 Å². The number of hydrogen-bond donors (Lipinski definition) is 2. The standard InChI is InChI=1S/C12H24N2O/c1-4-8-14-11(5-9-15)10-13-7-6-12(14,2)3/h4,11,13,15H,1,5-10H2,2-3H3. The Bertz CT molecular complexity index is 204. The van der Waals surface area contributed by atoms with E-state index in [9.17, 15) is 0 Å². The minimum absolute atomic E-state index is 0.192. The van der Waals surface area contributed by atoms with E-state index in [1.54, 1.807) is 0 Å². The number of rotatable bonds is 4. The molecule has 3 nitrogen and oxygen atoms in total. The molecule has 15 heavy (non-hydrogen) atoms. The van der Waals surface area contributed by atoms with Crippen molar-refractivity contribution in [2.75, 3.05) is 26.2 Å². The predicted molar refractivity (Wildman–Crippen MR) is 64.0 cm³/mol. The Morgan fingerprint density at radius 2 is 2.33 bits per heavy atom. The van der Waals surface area contributed by atoms with Gasteiger partial charge in [-0.2, -0.15) is 0 Å². The van der Waals surface area contributed by atoms with Crippen LogP contribution in [0.3, 0.4) is 0 Å². The van der Waals surface area contributed by atoms with Gasteiger partial charge in [-0.1, -0.05) is 6.08 Å². The van der Waals surface area contributed by atoms with Gasteiger partial charge in [0.15, 0.2) is 0 Å². The van der Waals surface area contributed by atoms with E-state index in [1.165, 1.54) is 0 Å². The van der Waals surface area contributed by atoms with Gasteiger partial charge in [0.2, 0.25) is 0 Å². The van der Waals surface area contributed by atoms with E-state index in [2.05, 4.69) is 30.6 Å². The maximum Gasteiger partial charge on any atom is 0.0446 e. The molecule has 3 heteroatoms. The van der Waals surface area contributed by atoms with Gasteiger partial charge in [-0.05, 0) is 33.2 Å². The highest BCUT2D eigenvalue weighted by Crippen LogP contribution is 2.24. The summed E-state index contributed by atoms with van der Waals surface area (Å²) in [6.07, 6.45) is 3.94. The summed E-state index contributed by atoms with van der Waals surface area (Å²) in [5, 5.41) is 12.5. The molecule has 1 saturated heterocycles. The van der Waals surface area contributed by atoms with E-state index < -0.39 is 0 Å². The van der Waals surface area contributed by atoms with E-state index in [-0.39, 0.29) is 12.1 Å². The van der Waals surface area contributed by atoms with Crippen molar-refractivity contribution < 1.29 is 5.11 Å². The maximum atomic E-state index is 9.09. The van der Waals surface area contributed by atoms with Gasteiger partial charge in [-0.25, -0.2) is 0 Å². The fraction of sp³-hybridized carbons (Fsp3) is 0.833. The van der Waals surface area contributed by atoms with E-state index in [0.29, 0.717) is 6.04 Å². The summed E-state index contributed by atoms with van der Waals surface area (Å²) < 4.78 is 0. The second kappa shape index (κ2) is 5.64. The molecule has 0 radical (unpaired) electrons. The molecule has 0 aliphatic carbocycles. The van der Waals surface area contributed by atoms with Crippen LogP contribution in [0.2, 0.25) is 0 Å². The third kappa shape index (κ3) is 3.30. The Morgan fingerprint density at radius 3 is 2.93 bits per heavy atom. The third-order valence-corrected chi connectivity index (χ3v) is 3.30. The van der Waals surface area contributed by atoms with Gasteiger partial charge in [-0.15, -0.1) is 6.58 Å². The first-order chi connectivity index (χ1) is 7.11. The Labute approximate surface area is 93.2 Å². The summed E-state index contributed by atoms with van der Waals surface area (Å²) in [5.41, 5.74) is 0.192. The number of nitrogens with one attached hydrogen (secondary N) is 1. The average Bonchev–Trinajstić information content (AvgIpc) is 2.31. The Hall–Kier alpha value is -0.380. The first kappa shape index (κ1) is 12.7. The molecule has 1 rings (SSSR count). The molecule has 1 aliphatic rings. The van der Waals surface area contributed by atoms with Gasteiger partial charge in [0.25, 0.3) is 0 Å². The Balaban J connectivity index is 2.76. The van der Waals surface area contributed by atoms with Crippen LogP contribution < -0.4 is 5.32 Å². The molecule has 0 amide bonds. The summed E-state index contributed by atoms with van der Waals surface area (Å²) in [7, 11) is 0. The number of aliphatic hydroxyl groups is 1. The van der Waals surface area contributed by atoms with E-state index >= 15 is 0 Å². The number of hydrogen-bond acceptors (Lipinski definition) is 3. The van der Waals surface area contributed by atoms with Gasteiger partial charge in [-0.3, -0.25) is 4.90 Å². The van der Waals surface area contributed by atoms with Crippen LogP contribution in [-0.2, 0) is 0 Å². The minimum atomic E-state index is 0.192. The van der Waals surface area contributed by atoms with Crippen molar-refractivity contribution in [2.24, 2.45) is 0 Å².